The van der Waals surface area contributed by atoms with E-state index in [1.54, 1.807) is 11.3 Å². The van der Waals surface area contributed by atoms with Gasteiger partial charge in [-0.25, -0.2) is 0 Å². The van der Waals surface area contributed by atoms with Crippen molar-refractivity contribution in [2.45, 2.75) is 20.3 Å². The topological polar surface area (TPSA) is 23.8 Å². The largest absolute Gasteiger partial charge is 0.192 e. The number of hydrogen-bond donors (Lipinski definition) is 0. The second kappa shape index (κ2) is 2.85. The summed E-state index contributed by atoms with van der Waals surface area (Å²) in [6.45, 7) is 4.17. The van der Waals surface area contributed by atoms with Crippen molar-refractivity contribution >= 4 is 11.3 Å². The Balaban J connectivity index is 3.07. The van der Waals surface area contributed by atoms with Crippen molar-refractivity contribution in [3.63, 3.8) is 0 Å². The first-order chi connectivity index (χ1) is 4.77. The van der Waals surface area contributed by atoms with E-state index in [4.69, 9.17) is 5.26 Å². The van der Waals surface area contributed by atoms with Crippen molar-refractivity contribution in [2.75, 3.05) is 0 Å². The van der Waals surface area contributed by atoms with Gasteiger partial charge in [-0.2, -0.15) is 5.26 Å². The highest BCUT2D eigenvalue weighted by Crippen LogP contribution is 2.20. The van der Waals surface area contributed by atoms with Gasteiger partial charge in [0.15, 0.2) is 0 Å². The average molecular weight is 151 g/mol. The zero-order valence-electron chi connectivity index (χ0n) is 6.14. The van der Waals surface area contributed by atoms with Gasteiger partial charge in [-0.3, -0.25) is 0 Å². The Bertz CT molecular complexity index is 267. The molecule has 0 N–H and O–H groups in total. The van der Waals surface area contributed by atoms with Gasteiger partial charge in [-0.15, -0.1) is 11.3 Å². The molecule has 1 rings (SSSR count). The van der Waals surface area contributed by atoms with Gasteiger partial charge in [0.2, 0.25) is 0 Å². The number of nitriles is 1. The lowest BCUT2D eigenvalue weighted by Crippen LogP contribution is -1.74. The number of hydrogen-bond acceptors (Lipinski definition) is 2. The minimum atomic E-state index is 0.828. The second-order valence-electron chi connectivity index (χ2n) is 2.16. The number of nitrogens with zero attached hydrogens (tertiary/aromatic N) is 1. The van der Waals surface area contributed by atoms with Gasteiger partial charge in [-0.1, -0.05) is 6.92 Å². The van der Waals surface area contributed by atoms with Crippen LogP contribution in [0.25, 0.3) is 0 Å². The fourth-order valence-corrected chi connectivity index (χ4v) is 1.84. The van der Waals surface area contributed by atoms with Gasteiger partial charge >= 0.3 is 0 Å². The Morgan fingerprint density at radius 2 is 2.40 bits per heavy atom. The summed E-state index contributed by atoms with van der Waals surface area (Å²) in [6.07, 6.45) is 1.03. The van der Waals surface area contributed by atoms with E-state index in [1.165, 1.54) is 10.4 Å². The minimum absolute atomic E-state index is 0.828. The zero-order valence-corrected chi connectivity index (χ0v) is 6.96. The van der Waals surface area contributed by atoms with Crippen molar-refractivity contribution in [1.82, 2.24) is 0 Å². The molecular formula is C8H9NS. The lowest BCUT2D eigenvalue weighted by molar-refractivity contribution is 1.13. The maximum atomic E-state index is 8.53. The normalized spacial score (nSPS) is 9.30. The molecule has 1 aromatic heterocycles. The summed E-state index contributed by atoms with van der Waals surface area (Å²) >= 11 is 1.58. The van der Waals surface area contributed by atoms with Gasteiger partial charge in [-0.05, 0) is 25.0 Å². The Hall–Kier alpha value is -0.810. The molecule has 52 valence electrons. The summed E-state index contributed by atoms with van der Waals surface area (Å²) in [5.74, 6) is 0. The van der Waals surface area contributed by atoms with E-state index < -0.39 is 0 Å². The first-order valence-electron chi connectivity index (χ1n) is 3.27. The van der Waals surface area contributed by atoms with Crippen LogP contribution in [-0.2, 0) is 6.42 Å². The van der Waals surface area contributed by atoms with Gasteiger partial charge < -0.3 is 0 Å². The molecule has 1 heterocycles. The quantitative estimate of drug-likeness (QED) is 0.605. The predicted octanol–water partition coefficient (Wildman–Crippen LogP) is 2.49. The molecule has 0 aliphatic heterocycles. The third-order valence-electron chi connectivity index (χ3n) is 1.51. The van der Waals surface area contributed by atoms with Gasteiger partial charge in [0.25, 0.3) is 0 Å². The third kappa shape index (κ3) is 1.19. The smallest absolute Gasteiger partial charge is 0.110 e. The van der Waals surface area contributed by atoms with E-state index >= 15 is 0 Å². The van der Waals surface area contributed by atoms with Crippen LogP contribution in [0, 0.1) is 18.3 Å². The lowest BCUT2D eigenvalue weighted by atomic mass is 10.2. The van der Waals surface area contributed by atoms with Crippen LogP contribution >= 0.6 is 11.3 Å². The Morgan fingerprint density at radius 3 is 2.70 bits per heavy atom. The molecule has 0 spiro atoms. The third-order valence-corrected chi connectivity index (χ3v) is 2.51. The molecule has 1 aromatic rings. The standard InChI is InChI=1S/C8H9NS/c1-3-7-4-8(5-9)10-6(7)2/h4H,3H2,1-2H3. The summed E-state index contributed by atoms with van der Waals surface area (Å²) in [5.41, 5.74) is 1.31. The maximum absolute atomic E-state index is 8.53. The molecule has 0 saturated carbocycles. The average Bonchev–Trinajstić information content (AvgIpc) is 2.30. The monoisotopic (exact) mass is 151 g/mol. The number of rotatable bonds is 1. The molecule has 0 aliphatic rings. The van der Waals surface area contributed by atoms with Crippen LogP contribution in [0.15, 0.2) is 6.07 Å². The molecule has 0 aliphatic carbocycles. The van der Waals surface area contributed by atoms with Gasteiger partial charge in [0.1, 0.15) is 10.9 Å². The lowest BCUT2D eigenvalue weighted by Gasteiger charge is -1.87. The molecule has 0 bridgehead atoms. The SMILES string of the molecule is CCc1cc(C#N)sc1C. The number of aryl methyl sites for hydroxylation is 2. The number of thiophene rings is 1. The Kier molecular flexibility index (Phi) is 2.08. The molecule has 0 aromatic carbocycles. The van der Waals surface area contributed by atoms with Crippen LogP contribution in [-0.4, -0.2) is 0 Å². The predicted molar refractivity (Wildman–Crippen MR) is 43.1 cm³/mol. The molecule has 2 heteroatoms. The highest BCUT2D eigenvalue weighted by atomic mass is 32.1. The molecule has 0 amide bonds. The molecule has 0 unspecified atom stereocenters. The highest BCUT2D eigenvalue weighted by Gasteiger charge is 2.01. The second-order valence-corrected chi connectivity index (χ2v) is 3.41. The van der Waals surface area contributed by atoms with Crippen LogP contribution in [0.1, 0.15) is 22.2 Å². The van der Waals surface area contributed by atoms with Crippen molar-refractivity contribution in [2.24, 2.45) is 0 Å². The summed E-state index contributed by atoms with van der Waals surface area (Å²) in [6, 6.07) is 4.11. The Labute approximate surface area is 64.9 Å². The maximum Gasteiger partial charge on any atom is 0.110 e. The molecule has 0 atom stereocenters. The molecule has 0 radical (unpaired) electrons. The first kappa shape index (κ1) is 7.30. The van der Waals surface area contributed by atoms with Crippen molar-refractivity contribution in [3.8, 4) is 6.07 Å². The van der Waals surface area contributed by atoms with Crippen LogP contribution in [0.2, 0.25) is 0 Å². The van der Waals surface area contributed by atoms with Crippen LogP contribution in [0.3, 0.4) is 0 Å². The van der Waals surface area contributed by atoms with Crippen molar-refractivity contribution in [1.29, 1.82) is 5.26 Å². The first-order valence-corrected chi connectivity index (χ1v) is 4.09. The van der Waals surface area contributed by atoms with Crippen LogP contribution in [0.5, 0.6) is 0 Å². The molecule has 1 nitrogen and oxygen atoms in total. The van der Waals surface area contributed by atoms with Crippen LogP contribution in [0.4, 0.5) is 0 Å². The van der Waals surface area contributed by atoms with E-state index in [1.807, 2.05) is 6.07 Å². The minimum Gasteiger partial charge on any atom is -0.192 e. The molecular weight excluding hydrogens is 142 g/mol. The summed E-state index contributed by atoms with van der Waals surface area (Å²) in [7, 11) is 0. The fourth-order valence-electron chi connectivity index (χ4n) is 0.926. The Morgan fingerprint density at radius 1 is 1.70 bits per heavy atom. The zero-order chi connectivity index (χ0) is 7.56. The van der Waals surface area contributed by atoms with Crippen molar-refractivity contribution in [3.05, 3.63) is 21.4 Å². The molecule has 0 fully saturated rings. The van der Waals surface area contributed by atoms with E-state index in [-0.39, 0.29) is 0 Å². The highest BCUT2D eigenvalue weighted by molar-refractivity contribution is 7.12. The van der Waals surface area contributed by atoms with E-state index in [2.05, 4.69) is 19.9 Å². The van der Waals surface area contributed by atoms with Gasteiger partial charge in [0.05, 0.1) is 0 Å². The van der Waals surface area contributed by atoms with Crippen LogP contribution < -0.4 is 0 Å². The molecule has 10 heavy (non-hydrogen) atoms. The van der Waals surface area contributed by atoms with E-state index in [0.29, 0.717) is 0 Å². The fraction of sp³-hybridized carbons (Fsp3) is 0.375. The van der Waals surface area contributed by atoms with Gasteiger partial charge in [0, 0.05) is 4.88 Å². The summed E-state index contributed by atoms with van der Waals surface area (Å²) in [5, 5.41) is 8.53. The molecule has 0 saturated heterocycles. The van der Waals surface area contributed by atoms with Crippen molar-refractivity contribution < 1.29 is 0 Å². The summed E-state index contributed by atoms with van der Waals surface area (Å²) in [4.78, 5) is 2.11. The summed E-state index contributed by atoms with van der Waals surface area (Å²) < 4.78 is 0. The van der Waals surface area contributed by atoms with E-state index in [9.17, 15) is 0 Å². The van der Waals surface area contributed by atoms with E-state index in [0.717, 1.165) is 11.3 Å².